The molecule has 0 amide bonds. The maximum atomic E-state index is 13.1. The van der Waals surface area contributed by atoms with Crippen LogP contribution in [0.1, 0.15) is 37.7 Å². The predicted octanol–water partition coefficient (Wildman–Crippen LogP) is 4.70. The summed E-state index contributed by atoms with van der Waals surface area (Å²) >= 11 is 6.08. The van der Waals surface area contributed by atoms with Crippen LogP contribution in [0.2, 0.25) is 0 Å². The van der Waals surface area contributed by atoms with Crippen LogP contribution in [-0.4, -0.2) is 5.88 Å². The predicted molar refractivity (Wildman–Crippen MR) is 66.3 cm³/mol. The third kappa shape index (κ3) is 3.19. The minimum absolute atomic E-state index is 0.0417. The minimum Gasteiger partial charge on any atom is -0.207 e. The quantitative estimate of drug-likeness (QED) is 0.690. The second-order valence-electron chi connectivity index (χ2n) is 5.15. The zero-order chi connectivity index (χ0) is 12.3. The summed E-state index contributed by atoms with van der Waals surface area (Å²) in [6, 6.07) is 3.76. The van der Waals surface area contributed by atoms with E-state index < -0.39 is 11.6 Å². The molecule has 0 unspecified atom stereocenters. The van der Waals surface area contributed by atoms with Gasteiger partial charge in [-0.15, -0.1) is 11.6 Å². The monoisotopic (exact) mass is 258 g/mol. The second kappa shape index (κ2) is 5.34. The van der Waals surface area contributed by atoms with E-state index in [9.17, 15) is 8.78 Å². The van der Waals surface area contributed by atoms with Gasteiger partial charge in [0.1, 0.15) is 11.6 Å². The van der Waals surface area contributed by atoms with Crippen LogP contribution in [0.4, 0.5) is 8.78 Å². The fourth-order valence-corrected chi connectivity index (χ4v) is 3.17. The number of hydrogen-bond donors (Lipinski definition) is 0. The molecule has 17 heavy (non-hydrogen) atoms. The highest BCUT2D eigenvalue weighted by Crippen LogP contribution is 2.40. The average Bonchev–Trinajstić information content (AvgIpc) is 2.29. The van der Waals surface area contributed by atoms with Crippen molar-refractivity contribution in [3.05, 3.63) is 35.4 Å². The van der Waals surface area contributed by atoms with Gasteiger partial charge in [-0.3, -0.25) is 0 Å². The fraction of sp³-hybridized carbons (Fsp3) is 0.571. The van der Waals surface area contributed by atoms with Gasteiger partial charge in [0.15, 0.2) is 0 Å². The third-order valence-electron chi connectivity index (χ3n) is 3.70. The van der Waals surface area contributed by atoms with Crippen molar-refractivity contribution in [3.63, 3.8) is 0 Å². The van der Waals surface area contributed by atoms with E-state index in [1.165, 1.54) is 31.4 Å². The van der Waals surface area contributed by atoms with Gasteiger partial charge < -0.3 is 0 Å². The van der Waals surface area contributed by atoms with Crippen LogP contribution >= 0.6 is 11.6 Å². The van der Waals surface area contributed by atoms with Gasteiger partial charge in [-0.05, 0) is 42.4 Å². The molecule has 0 saturated heterocycles. The second-order valence-corrected chi connectivity index (χ2v) is 5.42. The molecule has 0 radical (unpaired) electrons. The lowest BCUT2D eigenvalue weighted by Gasteiger charge is -2.35. The summed E-state index contributed by atoms with van der Waals surface area (Å²) in [7, 11) is 0. The van der Waals surface area contributed by atoms with Crippen LogP contribution in [0.15, 0.2) is 18.2 Å². The zero-order valence-corrected chi connectivity index (χ0v) is 10.6. The molecule has 1 aromatic rings. The molecule has 0 heterocycles. The number of alkyl halides is 1. The summed E-state index contributed by atoms with van der Waals surface area (Å²) < 4.78 is 26.3. The molecule has 2 rings (SSSR count). The van der Waals surface area contributed by atoms with Crippen LogP contribution in [0.5, 0.6) is 0 Å². The van der Waals surface area contributed by atoms with Gasteiger partial charge in [0, 0.05) is 11.9 Å². The molecule has 94 valence electrons. The van der Waals surface area contributed by atoms with E-state index in [-0.39, 0.29) is 5.41 Å². The maximum absolute atomic E-state index is 13.1. The van der Waals surface area contributed by atoms with Gasteiger partial charge in [0.2, 0.25) is 0 Å². The van der Waals surface area contributed by atoms with Gasteiger partial charge in [-0.25, -0.2) is 8.78 Å². The Kier molecular flexibility index (Phi) is 4.03. The van der Waals surface area contributed by atoms with E-state index in [4.69, 9.17) is 11.6 Å². The van der Waals surface area contributed by atoms with Crippen LogP contribution in [0.3, 0.4) is 0 Å². The fourth-order valence-electron chi connectivity index (χ4n) is 2.81. The molecule has 0 aromatic heterocycles. The lowest BCUT2D eigenvalue weighted by atomic mass is 9.72. The molecule has 1 saturated carbocycles. The molecule has 1 fully saturated rings. The van der Waals surface area contributed by atoms with E-state index in [2.05, 4.69) is 0 Å². The van der Waals surface area contributed by atoms with Gasteiger partial charge in [0.25, 0.3) is 0 Å². The number of hydrogen-bond acceptors (Lipinski definition) is 0. The molecule has 1 aliphatic carbocycles. The first-order chi connectivity index (χ1) is 8.13. The van der Waals surface area contributed by atoms with Crippen molar-refractivity contribution in [2.24, 2.45) is 5.41 Å². The van der Waals surface area contributed by atoms with Crippen molar-refractivity contribution < 1.29 is 8.78 Å². The lowest BCUT2D eigenvalue weighted by molar-refractivity contribution is 0.219. The SMILES string of the molecule is Fc1cc(F)cc(CC2(CCl)CCCCC2)c1. The smallest absolute Gasteiger partial charge is 0.126 e. The van der Waals surface area contributed by atoms with Crippen molar-refractivity contribution in [2.45, 2.75) is 38.5 Å². The Bertz CT molecular complexity index is 364. The third-order valence-corrected chi connectivity index (χ3v) is 4.27. The van der Waals surface area contributed by atoms with Crippen LogP contribution in [-0.2, 0) is 6.42 Å². The topological polar surface area (TPSA) is 0 Å². The van der Waals surface area contributed by atoms with Crippen molar-refractivity contribution in [1.82, 2.24) is 0 Å². The first kappa shape index (κ1) is 12.8. The molecule has 1 aliphatic rings. The van der Waals surface area contributed by atoms with Gasteiger partial charge in [0.05, 0.1) is 0 Å². The van der Waals surface area contributed by atoms with Gasteiger partial charge in [-0.1, -0.05) is 19.3 Å². The summed E-state index contributed by atoms with van der Waals surface area (Å²) in [5.74, 6) is -0.424. The molecule has 3 heteroatoms. The Morgan fingerprint density at radius 1 is 1.00 bits per heavy atom. The highest BCUT2D eigenvalue weighted by Gasteiger charge is 2.31. The van der Waals surface area contributed by atoms with Crippen LogP contribution in [0.25, 0.3) is 0 Å². The van der Waals surface area contributed by atoms with Crippen LogP contribution in [0, 0.1) is 17.0 Å². The summed E-state index contributed by atoms with van der Waals surface area (Å²) in [5, 5.41) is 0. The zero-order valence-electron chi connectivity index (χ0n) is 9.82. The van der Waals surface area contributed by atoms with Crippen molar-refractivity contribution in [1.29, 1.82) is 0 Å². The average molecular weight is 259 g/mol. The van der Waals surface area contributed by atoms with Crippen molar-refractivity contribution in [3.8, 4) is 0 Å². The van der Waals surface area contributed by atoms with Gasteiger partial charge >= 0.3 is 0 Å². The number of rotatable bonds is 3. The lowest BCUT2D eigenvalue weighted by Crippen LogP contribution is -2.28. The largest absolute Gasteiger partial charge is 0.207 e. The molecular formula is C14H17ClF2. The number of halogens is 3. The van der Waals surface area contributed by atoms with Crippen LogP contribution < -0.4 is 0 Å². The van der Waals surface area contributed by atoms with E-state index in [0.717, 1.165) is 24.5 Å². The Hall–Kier alpha value is -0.630. The van der Waals surface area contributed by atoms with E-state index >= 15 is 0 Å². The Morgan fingerprint density at radius 2 is 1.59 bits per heavy atom. The van der Waals surface area contributed by atoms with Gasteiger partial charge in [-0.2, -0.15) is 0 Å². The summed E-state index contributed by atoms with van der Waals surface area (Å²) in [6.07, 6.45) is 6.40. The minimum atomic E-state index is -0.500. The molecular weight excluding hydrogens is 242 g/mol. The molecule has 0 aliphatic heterocycles. The molecule has 0 N–H and O–H groups in total. The molecule has 0 atom stereocenters. The molecule has 0 nitrogen and oxygen atoms in total. The Balaban J connectivity index is 2.17. The first-order valence-electron chi connectivity index (χ1n) is 6.15. The standard InChI is InChI=1S/C14H17ClF2/c15-10-14(4-2-1-3-5-14)9-11-6-12(16)8-13(17)7-11/h6-8H,1-5,9-10H2. The summed E-state index contributed by atoms with van der Waals surface area (Å²) in [6.45, 7) is 0. The number of benzene rings is 1. The normalized spacial score (nSPS) is 19.2. The van der Waals surface area contributed by atoms with E-state index in [0.29, 0.717) is 12.3 Å². The highest BCUT2D eigenvalue weighted by molar-refractivity contribution is 6.18. The molecule has 1 aromatic carbocycles. The summed E-state index contributed by atoms with van der Waals surface area (Å²) in [5.41, 5.74) is 0.769. The van der Waals surface area contributed by atoms with E-state index in [1.807, 2.05) is 0 Å². The summed E-state index contributed by atoms with van der Waals surface area (Å²) in [4.78, 5) is 0. The first-order valence-corrected chi connectivity index (χ1v) is 6.68. The van der Waals surface area contributed by atoms with E-state index in [1.54, 1.807) is 0 Å². The Morgan fingerprint density at radius 3 is 2.12 bits per heavy atom. The maximum Gasteiger partial charge on any atom is 0.126 e. The van der Waals surface area contributed by atoms with Crippen molar-refractivity contribution in [2.75, 3.05) is 5.88 Å². The molecule has 0 spiro atoms. The highest BCUT2D eigenvalue weighted by atomic mass is 35.5. The Labute approximate surface area is 106 Å². The van der Waals surface area contributed by atoms with Crippen molar-refractivity contribution >= 4 is 11.6 Å². The molecule has 0 bridgehead atoms.